The van der Waals surface area contributed by atoms with Crippen molar-refractivity contribution in [1.29, 1.82) is 0 Å². The maximum atomic E-state index is 12.7. The van der Waals surface area contributed by atoms with Crippen LogP contribution >= 0.6 is 0 Å². The summed E-state index contributed by atoms with van der Waals surface area (Å²) in [6.07, 6.45) is 3.98. The Hall–Kier alpha value is -3.55. The van der Waals surface area contributed by atoms with Crippen LogP contribution in [0.25, 0.3) is 33.7 Å². The molecule has 2 saturated heterocycles. The first kappa shape index (κ1) is 21.9. The van der Waals surface area contributed by atoms with Gasteiger partial charge in [0.2, 0.25) is 0 Å². The summed E-state index contributed by atoms with van der Waals surface area (Å²) in [7, 11) is 0. The normalized spacial score (nSPS) is 16.7. The van der Waals surface area contributed by atoms with Gasteiger partial charge in [-0.25, -0.2) is 9.97 Å². The predicted octanol–water partition coefficient (Wildman–Crippen LogP) is 4.36. The average molecular weight is 468 g/mol. The zero-order valence-electron chi connectivity index (χ0n) is 19.7. The molecule has 1 amide bonds. The third-order valence-corrected chi connectivity index (χ3v) is 6.97. The lowest BCUT2D eigenvalue weighted by molar-refractivity contribution is 0.0342. The molecule has 2 aromatic heterocycles. The first-order chi connectivity index (χ1) is 17.2. The Bertz CT molecular complexity index is 1320. The SMILES string of the molecule is O=C(c1ccc(-c2ccnc3nc(-c4ccc(CN5CCOCC5)cc4)[nH]c23)cc1)N1CCCC1. The number of imidazole rings is 1. The van der Waals surface area contributed by atoms with Gasteiger partial charge in [0.1, 0.15) is 5.82 Å². The molecule has 2 aromatic carbocycles. The molecule has 6 rings (SSSR count). The summed E-state index contributed by atoms with van der Waals surface area (Å²) in [6, 6.07) is 18.4. The number of nitrogens with zero attached hydrogens (tertiary/aromatic N) is 4. The van der Waals surface area contributed by atoms with E-state index in [0.717, 1.165) is 92.4 Å². The number of morpholine rings is 1. The van der Waals surface area contributed by atoms with Crippen molar-refractivity contribution in [1.82, 2.24) is 24.8 Å². The molecule has 2 aliphatic rings. The maximum Gasteiger partial charge on any atom is 0.253 e. The summed E-state index contributed by atoms with van der Waals surface area (Å²) < 4.78 is 5.45. The second kappa shape index (κ2) is 9.60. The highest BCUT2D eigenvalue weighted by Crippen LogP contribution is 2.29. The second-order valence-electron chi connectivity index (χ2n) is 9.30. The van der Waals surface area contributed by atoms with Gasteiger partial charge in [0.15, 0.2) is 5.65 Å². The molecule has 35 heavy (non-hydrogen) atoms. The second-order valence-corrected chi connectivity index (χ2v) is 9.30. The largest absolute Gasteiger partial charge is 0.379 e. The highest BCUT2D eigenvalue weighted by atomic mass is 16.5. The van der Waals surface area contributed by atoms with Crippen LogP contribution in [0.2, 0.25) is 0 Å². The molecule has 0 radical (unpaired) electrons. The number of aromatic nitrogens is 3. The van der Waals surface area contributed by atoms with E-state index in [9.17, 15) is 4.79 Å². The van der Waals surface area contributed by atoms with Gasteiger partial charge in [-0.1, -0.05) is 36.4 Å². The molecule has 2 aliphatic heterocycles. The van der Waals surface area contributed by atoms with Gasteiger partial charge in [-0.05, 0) is 42.2 Å². The molecule has 7 heteroatoms. The molecule has 4 aromatic rings. The number of carbonyl (C=O) groups is 1. The number of aromatic amines is 1. The zero-order valence-corrected chi connectivity index (χ0v) is 19.7. The number of pyridine rings is 1. The molecule has 2 fully saturated rings. The number of hydrogen-bond acceptors (Lipinski definition) is 5. The fraction of sp³-hybridized carbons (Fsp3) is 0.321. The van der Waals surface area contributed by atoms with Crippen LogP contribution in [0.4, 0.5) is 0 Å². The van der Waals surface area contributed by atoms with E-state index in [-0.39, 0.29) is 5.91 Å². The number of nitrogens with one attached hydrogen (secondary N) is 1. The number of likely N-dealkylation sites (tertiary alicyclic amines) is 1. The van der Waals surface area contributed by atoms with Crippen LogP contribution in [0.1, 0.15) is 28.8 Å². The van der Waals surface area contributed by atoms with Gasteiger partial charge in [0.05, 0.1) is 18.7 Å². The van der Waals surface area contributed by atoms with E-state index >= 15 is 0 Å². The Morgan fingerprint density at radius 3 is 2.34 bits per heavy atom. The van der Waals surface area contributed by atoms with Crippen LogP contribution in [-0.4, -0.2) is 70.1 Å². The fourth-order valence-electron chi connectivity index (χ4n) is 4.97. The Morgan fingerprint density at radius 1 is 0.886 bits per heavy atom. The van der Waals surface area contributed by atoms with Crippen LogP contribution in [-0.2, 0) is 11.3 Å². The molecule has 0 atom stereocenters. The molecule has 178 valence electrons. The summed E-state index contributed by atoms with van der Waals surface area (Å²) in [4.78, 5) is 29.8. The Balaban J connectivity index is 1.23. The van der Waals surface area contributed by atoms with Crippen molar-refractivity contribution in [3.05, 3.63) is 71.9 Å². The summed E-state index contributed by atoms with van der Waals surface area (Å²) in [5, 5.41) is 0. The van der Waals surface area contributed by atoms with Crippen molar-refractivity contribution in [2.45, 2.75) is 19.4 Å². The molecule has 0 saturated carbocycles. The molecule has 4 heterocycles. The Kier molecular flexibility index (Phi) is 6.02. The first-order valence-electron chi connectivity index (χ1n) is 12.4. The number of hydrogen-bond donors (Lipinski definition) is 1. The highest BCUT2D eigenvalue weighted by Gasteiger charge is 2.20. The minimum atomic E-state index is 0.120. The summed E-state index contributed by atoms with van der Waals surface area (Å²) in [5.41, 5.74) is 6.71. The van der Waals surface area contributed by atoms with Crippen molar-refractivity contribution < 1.29 is 9.53 Å². The lowest BCUT2D eigenvalue weighted by Gasteiger charge is -2.26. The lowest BCUT2D eigenvalue weighted by Crippen LogP contribution is -2.35. The van der Waals surface area contributed by atoms with E-state index < -0.39 is 0 Å². The van der Waals surface area contributed by atoms with Crippen molar-refractivity contribution in [2.75, 3.05) is 39.4 Å². The summed E-state index contributed by atoms with van der Waals surface area (Å²) >= 11 is 0. The molecule has 1 N–H and O–H groups in total. The quantitative estimate of drug-likeness (QED) is 0.472. The third-order valence-electron chi connectivity index (χ3n) is 6.97. The van der Waals surface area contributed by atoms with Gasteiger partial charge in [-0.15, -0.1) is 0 Å². The zero-order chi connectivity index (χ0) is 23.6. The fourth-order valence-corrected chi connectivity index (χ4v) is 4.97. The van der Waals surface area contributed by atoms with E-state index in [1.54, 1.807) is 6.20 Å². The van der Waals surface area contributed by atoms with Gasteiger partial charge in [-0.3, -0.25) is 9.69 Å². The van der Waals surface area contributed by atoms with E-state index in [2.05, 4.69) is 39.1 Å². The Morgan fingerprint density at radius 2 is 1.60 bits per heavy atom. The number of benzene rings is 2. The van der Waals surface area contributed by atoms with Crippen LogP contribution in [0.5, 0.6) is 0 Å². The van der Waals surface area contributed by atoms with Crippen molar-refractivity contribution in [3.8, 4) is 22.5 Å². The van der Waals surface area contributed by atoms with Gasteiger partial charge in [0, 0.05) is 55.6 Å². The standard InChI is InChI=1S/C28H29N5O2/c34-28(33-13-1-2-14-33)23-9-7-21(8-10-23)24-11-12-29-27-25(24)30-26(31-27)22-5-3-20(4-6-22)19-32-15-17-35-18-16-32/h3-12H,1-2,13-19H2,(H,29,30,31). The average Bonchev–Trinajstić information content (AvgIpc) is 3.60. The first-order valence-corrected chi connectivity index (χ1v) is 12.4. The van der Waals surface area contributed by atoms with Crippen LogP contribution in [0.3, 0.4) is 0 Å². The number of H-pyrrole nitrogens is 1. The minimum Gasteiger partial charge on any atom is -0.379 e. The summed E-state index contributed by atoms with van der Waals surface area (Å²) in [5.74, 6) is 0.925. The van der Waals surface area contributed by atoms with E-state index in [0.29, 0.717) is 5.65 Å². The topological polar surface area (TPSA) is 74.4 Å². The van der Waals surface area contributed by atoms with E-state index in [1.165, 1.54) is 5.56 Å². The number of ether oxygens (including phenoxy) is 1. The van der Waals surface area contributed by atoms with Crippen molar-refractivity contribution in [2.24, 2.45) is 0 Å². The van der Waals surface area contributed by atoms with Crippen molar-refractivity contribution in [3.63, 3.8) is 0 Å². The third kappa shape index (κ3) is 4.57. The molecule has 0 unspecified atom stereocenters. The number of amides is 1. The van der Waals surface area contributed by atoms with Gasteiger partial charge in [-0.2, -0.15) is 0 Å². The van der Waals surface area contributed by atoms with Crippen molar-refractivity contribution >= 4 is 17.1 Å². The monoisotopic (exact) mass is 467 g/mol. The summed E-state index contributed by atoms with van der Waals surface area (Å²) in [6.45, 7) is 6.23. The van der Waals surface area contributed by atoms with E-state index in [1.807, 2.05) is 35.2 Å². The maximum absolute atomic E-state index is 12.7. The van der Waals surface area contributed by atoms with Gasteiger partial charge >= 0.3 is 0 Å². The number of carbonyl (C=O) groups excluding carboxylic acids is 1. The highest BCUT2D eigenvalue weighted by molar-refractivity contribution is 5.96. The van der Waals surface area contributed by atoms with Gasteiger partial charge < -0.3 is 14.6 Å². The Labute approximate surface area is 204 Å². The molecular weight excluding hydrogens is 438 g/mol. The van der Waals surface area contributed by atoms with Crippen LogP contribution in [0, 0.1) is 0 Å². The molecule has 0 bridgehead atoms. The lowest BCUT2D eigenvalue weighted by atomic mass is 10.0. The smallest absolute Gasteiger partial charge is 0.253 e. The molecule has 0 aliphatic carbocycles. The number of rotatable bonds is 5. The molecular formula is C28H29N5O2. The van der Waals surface area contributed by atoms with E-state index in [4.69, 9.17) is 9.72 Å². The van der Waals surface area contributed by atoms with Crippen LogP contribution < -0.4 is 0 Å². The van der Waals surface area contributed by atoms with Gasteiger partial charge in [0.25, 0.3) is 5.91 Å². The van der Waals surface area contributed by atoms with Crippen LogP contribution in [0.15, 0.2) is 60.8 Å². The predicted molar refractivity (Wildman–Crippen MR) is 136 cm³/mol. The minimum absolute atomic E-state index is 0.120. The molecule has 0 spiro atoms. The molecule has 7 nitrogen and oxygen atoms in total. The number of fused-ring (bicyclic) bond motifs is 1.